The van der Waals surface area contributed by atoms with E-state index in [-0.39, 0.29) is 11.5 Å². The summed E-state index contributed by atoms with van der Waals surface area (Å²) in [5, 5.41) is 1.17. The number of carbonyl (C=O) groups is 1. The minimum Gasteiger partial charge on any atom is -0.274 e. The second kappa shape index (κ2) is 2.29. The summed E-state index contributed by atoms with van der Waals surface area (Å²) < 4.78 is 1.21. The lowest BCUT2D eigenvalue weighted by atomic mass is 10.3. The van der Waals surface area contributed by atoms with Crippen LogP contribution in [0.4, 0.5) is 5.69 Å². The predicted molar refractivity (Wildman–Crippen MR) is 52.3 cm³/mol. The van der Waals surface area contributed by atoms with Gasteiger partial charge in [-0.15, -0.1) is 0 Å². The molecule has 1 aromatic heterocycles. The van der Waals surface area contributed by atoms with E-state index in [1.165, 1.54) is 4.57 Å². The molecule has 0 saturated carbocycles. The van der Waals surface area contributed by atoms with Gasteiger partial charge in [0, 0.05) is 12.6 Å². The highest BCUT2D eigenvalue weighted by atomic mass is 16.2. The standard InChI is InChI=1S/C10H6N2O2/c13-9-2-1-6-5-8-7(3-4-11-8)10(14)12(6)9/h1,3-5H,2H2. The molecule has 3 rings (SSSR count). The first kappa shape index (κ1) is 7.44. The van der Waals surface area contributed by atoms with E-state index in [2.05, 4.69) is 4.99 Å². The van der Waals surface area contributed by atoms with E-state index >= 15 is 0 Å². The van der Waals surface area contributed by atoms with Crippen LogP contribution in [0, 0.1) is 0 Å². The van der Waals surface area contributed by atoms with E-state index in [0.29, 0.717) is 22.7 Å². The molecule has 68 valence electrons. The molecule has 1 aromatic rings. The third-order valence-corrected chi connectivity index (χ3v) is 2.44. The summed E-state index contributed by atoms with van der Waals surface area (Å²) in [6.07, 6.45) is 5.27. The highest BCUT2D eigenvalue weighted by Crippen LogP contribution is 2.04. The van der Waals surface area contributed by atoms with Gasteiger partial charge in [0.1, 0.15) is 0 Å². The molecule has 0 spiro atoms. The van der Waals surface area contributed by atoms with E-state index in [4.69, 9.17) is 0 Å². The SMILES string of the molecule is O=C1CC=c2cc3c(c(=O)n21)=CC=N3. The summed E-state index contributed by atoms with van der Waals surface area (Å²) in [6.45, 7) is 0. The van der Waals surface area contributed by atoms with Gasteiger partial charge in [-0.1, -0.05) is 6.08 Å². The monoisotopic (exact) mass is 186 g/mol. The van der Waals surface area contributed by atoms with E-state index in [1.807, 2.05) is 0 Å². The number of carbonyl (C=O) groups excluding carboxylic acids is 1. The number of fused-ring (bicyclic) bond motifs is 2. The zero-order valence-electron chi connectivity index (χ0n) is 7.23. The molecule has 0 radical (unpaired) electrons. The predicted octanol–water partition coefficient (Wildman–Crippen LogP) is -0.831. The van der Waals surface area contributed by atoms with E-state index < -0.39 is 0 Å². The third-order valence-electron chi connectivity index (χ3n) is 2.44. The Hall–Kier alpha value is -1.97. The van der Waals surface area contributed by atoms with Crippen molar-refractivity contribution in [3.05, 3.63) is 27.0 Å². The molecule has 14 heavy (non-hydrogen) atoms. The van der Waals surface area contributed by atoms with E-state index in [1.54, 1.807) is 24.4 Å². The molecule has 0 saturated heterocycles. The molecule has 3 heterocycles. The fourth-order valence-corrected chi connectivity index (χ4v) is 1.78. The number of aromatic nitrogens is 1. The number of aliphatic imine (C=N–C) groups is 1. The van der Waals surface area contributed by atoms with Crippen molar-refractivity contribution in [3.63, 3.8) is 0 Å². The van der Waals surface area contributed by atoms with Gasteiger partial charge in [-0.3, -0.25) is 14.6 Å². The van der Waals surface area contributed by atoms with Gasteiger partial charge in [-0.2, -0.15) is 0 Å². The number of hydrogen-bond donors (Lipinski definition) is 0. The molecule has 0 N–H and O–H groups in total. The molecule has 0 unspecified atom stereocenters. The normalized spacial score (nSPS) is 16.1. The lowest BCUT2D eigenvalue weighted by molar-refractivity contribution is 0.0922. The Bertz CT molecular complexity index is 650. The van der Waals surface area contributed by atoms with Crippen molar-refractivity contribution >= 4 is 30.0 Å². The van der Waals surface area contributed by atoms with Crippen LogP contribution in [0.25, 0.3) is 12.2 Å². The Morgan fingerprint density at radius 2 is 2.21 bits per heavy atom. The van der Waals surface area contributed by atoms with Crippen molar-refractivity contribution in [1.82, 2.24) is 4.57 Å². The number of pyridine rings is 1. The van der Waals surface area contributed by atoms with Gasteiger partial charge in [0.05, 0.1) is 16.3 Å². The summed E-state index contributed by atoms with van der Waals surface area (Å²) in [5.74, 6) is -0.159. The van der Waals surface area contributed by atoms with Crippen LogP contribution in [0.15, 0.2) is 15.9 Å². The van der Waals surface area contributed by atoms with E-state index in [0.717, 1.165) is 0 Å². The maximum Gasteiger partial charge on any atom is 0.267 e. The Morgan fingerprint density at radius 1 is 1.36 bits per heavy atom. The summed E-state index contributed by atoms with van der Waals surface area (Å²) in [7, 11) is 0. The first-order valence-corrected chi connectivity index (χ1v) is 4.31. The quantitative estimate of drug-likeness (QED) is 0.531. The van der Waals surface area contributed by atoms with E-state index in [9.17, 15) is 9.59 Å². The van der Waals surface area contributed by atoms with Crippen LogP contribution in [0.5, 0.6) is 0 Å². The molecular formula is C10H6N2O2. The van der Waals surface area contributed by atoms with Crippen LogP contribution in [0.1, 0.15) is 11.2 Å². The van der Waals surface area contributed by atoms with Gasteiger partial charge in [0.15, 0.2) is 0 Å². The summed E-state index contributed by atoms with van der Waals surface area (Å²) in [6, 6.07) is 1.77. The smallest absolute Gasteiger partial charge is 0.267 e. The van der Waals surface area contributed by atoms with Crippen molar-refractivity contribution < 1.29 is 4.79 Å². The lowest BCUT2D eigenvalue weighted by Gasteiger charge is -1.98. The maximum atomic E-state index is 11.8. The van der Waals surface area contributed by atoms with Gasteiger partial charge < -0.3 is 0 Å². The first-order valence-electron chi connectivity index (χ1n) is 4.31. The maximum absolute atomic E-state index is 11.8. The minimum atomic E-state index is -0.256. The van der Waals surface area contributed by atoms with Crippen LogP contribution in [0.2, 0.25) is 0 Å². The Morgan fingerprint density at radius 3 is 3.07 bits per heavy atom. The number of rotatable bonds is 0. The molecule has 0 aliphatic carbocycles. The van der Waals surface area contributed by atoms with Crippen molar-refractivity contribution in [1.29, 1.82) is 0 Å². The van der Waals surface area contributed by atoms with Gasteiger partial charge in [-0.25, -0.2) is 4.57 Å². The van der Waals surface area contributed by atoms with Crippen LogP contribution in [0.3, 0.4) is 0 Å². The summed E-state index contributed by atoms with van der Waals surface area (Å²) in [5.41, 5.74) is 0.404. The molecule has 0 bridgehead atoms. The molecule has 0 amide bonds. The fraction of sp³-hybridized carbons (Fsp3) is 0.100. The van der Waals surface area contributed by atoms with Crippen LogP contribution in [-0.4, -0.2) is 16.7 Å². The zero-order valence-corrected chi connectivity index (χ0v) is 7.23. The zero-order chi connectivity index (χ0) is 9.71. The van der Waals surface area contributed by atoms with Gasteiger partial charge in [0.25, 0.3) is 5.56 Å². The Labute approximate surface area is 78.5 Å². The molecule has 4 heteroatoms. The molecule has 0 atom stereocenters. The minimum absolute atomic E-state index is 0.159. The Kier molecular flexibility index (Phi) is 1.21. The molecule has 4 nitrogen and oxygen atoms in total. The molecule has 2 aliphatic heterocycles. The fourth-order valence-electron chi connectivity index (χ4n) is 1.78. The molecule has 0 fully saturated rings. The molecule has 0 aromatic carbocycles. The van der Waals surface area contributed by atoms with Crippen molar-refractivity contribution in [3.8, 4) is 0 Å². The van der Waals surface area contributed by atoms with Gasteiger partial charge in [-0.05, 0) is 12.1 Å². The topological polar surface area (TPSA) is 51.4 Å². The van der Waals surface area contributed by atoms with Gasteiger partial charge >= 0.3 is 0 Å². The van der Waals surface area contributed by atoms with Crippen molar-refractivity contribution in [2.45, 2.75) is 6.42 Å². The van der Waals surface area contributed by atoms with Crippen LogP contribution in [-0.2, 0) is 0 Å². The Balaban J connectivity index is 2.59. The average molecular weight is 186 g/mol. The largest absolute Gasteiger partial charge is 0.274 e. The summed E-state index contributed by atoms with van der Waals surface area (Å²) in [4.78, 5) is 27.2. The number of nitrogens with zero attached hydrogens (tertiary/aromatic N) is 2. The van der Waals surface area contributed by atoms with Gasteiger partial charge in [0.2, 0.25) is 5.91 Å². The molecular weight excluding hydrogens is 180 g/mol. The van der Waals surface area contributed by atoms with Crippen LogP contribution >= 0.6 is 0 Å². The second-order valence-electron chi connectivity index (χ2n) is 3.26. The number of hydrogen-bond acceptors (Lipinski definition) is 3. The van der Waals surface area contributed by atoms with Crippen LogP contribution < -0.4 is 16.1 Å². The molecule has 2 aliphatic rings. The second-order valence-corrected chi connectivity index (χ2v) is 3.26. The lowest BCUT2D eigenvalue weighted by Crippen LogP contribution is -2.42. The highest BCUT2D eigenvalue weighted by Gasteiger charge is 2.16. The summed E-state index contributed by atoms with van der Waals surface area (Å²) >= 11 is 0. The average Bonchev–Trinajstić information content (AvgIpc) is 2.74. The van der Waals surface area contributed by atoms with Crippen molar-refractivity contribution in [2.75, 3.05) is 0 Å². The third kappa shape index (κ3) is 0.750. The highest BCUT2D eigenvalue weighted by molar-refractivity contribution is 5.97. The van der Waals surface area contributed by atoms with Crippen molar-refractivity contribution in [2.24, 2.45) is 4.99 Å². The first-order chi connectivity index (χ1) is 6.77.